The van der Waals surface area contributed by atoms with Crippen molar-refractivity contribution >= 4 is 15.8 Å². The molecule has 1 aliphatic heterocycles. The second-order valence-electron chi connectivity index (χ2n) is 4.80. The molecule has 1 aliphatic rings. The Morgan fingerprint density at radius 3 is 2.79 bits per heavy atom. The van der Waals surface area contributed by atoms with E-state index in [1.54, 1.807) is 12.1 Å². The zero-order valence-electron chi connectivity index (χ0n) is 11.1. The first-order valence-corrected chi connectivity index (χ1v) is 7.70. The van der Waals surface area contributed by atoms with E-state index in [0.29, 0.717) is 25.2 Å². The number of nitrogens with zero attached hydrogens (tertiary/aromatic N) is 1. The molecule has 0 radical (unpaired) electrons. The molecule has 6 heteroatoms. The van der Waals surface area contributed by atoms with Gasteiger partial charge in [0.25, 0.3) is 0 Å². The van der Waals surface area contributed by atoms with Crippen LogP contribution >= 0.6 is 0 Å². The third-order valence-corrected chi connectivity index (χ3v) is 5.07. The number of carbonyl (C=O) groups is 1. The number of benzene rings is 1. The van der Waals surface area contributed by atoms with Gasteiger partial charge in [0, 0.05) is 31.2 Å². The van der Waals surface area contributed by atoms with Gasteiger partial charge < -0.3 is 5.32 Å². The Labute approximate surface area is 113 Å². The van der Waals surface area contributed by atoms with E-state index in [0.717, 1.165) is 0 Å². The lowest BCUT2D eigenvalue weighted by molar-refractivity contribution is 0.101. The quantitative estimate of drug-likeness (QED) is 0.836. The first-order valence-electron chi connectivity index (χ1n) is 6.26. The number of rotatable bonds is 3. The van der Waals surface area contributed by atoms with Crippen molar-refractivity contribution in [1.82, 2.24) is 9.62 Å². The van der Waals surface area contributed by atoms with E-state index < -0.39 is 10.0 Å². The molecule has 0 saturated carbocycles. The van der Waals surface area contributed by atoms with Crippen LogP contribution in [0.15, 0.2) is 29.2 Å². The van der Waals surface area contributed by atoms with Crippen molar-refractivity contribution in [3.05, 3.63) is 29.8 Å². The Hall–Kier alpha value is -1.24. The van der Waals surface area contributed by atoms with Crippen molar-refractivity contribution in [3.8, 4) is 0 Å². The molecule has 5 nitrogen and oxygen atoms in total. The van der Waals surface area contributed by atoms with Crippen molar-refractivity contribution in [1.29, 1.82) is 0 Å². The van der Waals surface area contributed by atoms with E-state index in [1.165, 1.54) is 23.4 Å². The number of hydrogen-bond donors (Lipinski definition) is 1. The molecule has 1 aromatic carbocycles. The van der Waals surface area contributed by atoms with Gasteiger partial charge in [0.05, 0.1) is 4.90 Å². The minimum atomic E-state index is -3.51. The van der Waals surface area contributed by atoms with Crippen molar-refractivity contribution < 1.29 is 13.2 Å². The maximum absolute atomic E-state index is 12.5. The fourth-order valence-electron chi connectivity index (χ4n) is 2.14. The second-order valence-corrected chi connectivity index (χ2v) is 6.74. The number of piperazine rings is 1. The maximum atomic E-state index is 12.5. The van der Waals surface area contributed by atoms with Crippen LogP contribution in [0.5, 0.6) is 0 Å². The number of nitrogens with one attached hydrogen (secondary N) is 1. The summed E-state index contributed by atoms with van der Waals surface area (Å²) in [5, 5.41) is 3.20. The first-order chi connectivity index (χ1) is 8.91. The van der Waals surface area contributed by atoms with Crippen LogP contribution in [0.3, 0.4) is 0 Å². The summed E-state index contributed by atoms with van der Waals surface area (Å²) in [4.78, 5) is 11.5. The molecule has 1 N–H and O–H groups in total. The van der Waals surface area contributed by atoms with Gasteiger partial charge in [0.15, 0.2) is 5.78 Å². The van der Waals surface area contributed by atoms with Gasteiger partial charge in [-0.05, 0) is 26.0 Å². The molecule has 0 aliphatic carbocycles. The molecule has 1 aromatic rings. The molecule has 1 atom stereocenters. The van der Waals surface area contributed by atoms with E-state index in [9.17, 15) is 13.2 Å². The van der Waals surface area contributed by atoms with Crippen molar-refractivity contribution in [2.45, 2.75) is 24.8 Å². The maximum Gasteiger partial charge on any atom is 0.243 e. The highest BCUT2D eigenvalue weighted by Crippen LogP contribution is 2.18. The summed E-state index contributed by atoms with van der Waals surface area (Å²) in [5.41, 5.74) is 0.421. The Balaban J connectivity index is 2.33. The number of ketones is 1. The summed E-state index contributed by atoms with van der Waals surface area (Å²) in [7, 11) is -3.51. The number of hydrogen-bond acceptors (Lipinski definition) is 4. The summed E-state index contributed by atoms with van der Waals surface area (Å²) < 4.78 is 26.5. The van der Waals surface area contributed by atoms with Gasteiger partial charge in [-0.15, -0.1) is 0 Å². The Morgan fingerprint density at radius 1 is 1.42 bits per heavy atom. The molecule has 1 heterocycles. The van der Waals surface area contributed by atoms with Gasteiger partial charge in [-0.25, -0.2) is 8.42 Å². The van der Waals surface area contributed by atoms with Crippen LogP contribution in [-0.2, 0) is 10.0 Å². The van der Waals surface area contributed by atoms with E-state index in [-0.39, 0.29) is 16.7 Å². The van der Waals surface area contributed by atoms with Gasteiger partial charge >= 0.3 is 0 Å². The lowest BCUT2D eigenvalue weighted by Crippen LogP contribution is -2.51. The van der Waals surface area contributed by atoms with Crippen LogP contribution in [0.2, 0.25) is 0 Å². The first kappa shape index (κ1) is 14.2. The van der Waals surface area contributed by atoms with Crippen LogP contribution in [0.4, 0.5) is 0 Å². The predicted molar refractivity (Wildman–Crippen MR) is 72.7 cm³/mol. The average Bonchev–Trinajstić information content (AvgIpc) is 2.39. The zero-order chi connectivity index (χ0) is 14.0. The molecule has 19 heavy (non-hydrogen) atoms. The summed E-state index contributed by atoms with van der Waals surface area (Å²) in [6.07, 6.45) is 0. The lowest BCUT2D eigenvalue weighted by atomic mass is 10.2. The van der Waals surface area contributed by atoms with Crippen LogP contribution in [0.1, 0.15) is 24.2 Å². The number of Topliss-reactive ketones (excluding diaryl/α,β-unsaturated/α-hetero) is 1. The molecule has 0 spiro atoms. The number of carbonyl (C=O) groups excluding carboxylic acids is 1. The highest BCUT2D eigenvalue weighted by Gasteiger charge is 2.28. The van der Waals surface area contributed by atoms with E-state index >= 15 is 0 Å². The molecule has 1 saturated heterocycles. The van der Waals surface area contributed by atoms with Crippen LogP contribution < -0.4 is 5.32 Å². The summed E-state index contributed by atoms with van der Waals surface area (Å²) in [5.74, 6) is -0.134. The Kier molecular flexibility index (Phi) is 4.03. The van der Waals surface area contributed by atoms with E-state index in [2.05, 4.69) is 5.32 Å². The van der Waals surface area contributed by atoms with Crippen molar-refractivity contribution in [3.63, 3.8) is 0 Å². The predicted octanol–water partition coefficient (Wildman–Crippen LogP) is 0.872. The van der Waals surface area contributed by atoms with Crippen molar-refractivity contribution in [2.24, 2.45) is 0 Å². The van der Waals surface area contributed by atoms with Gasteiger partial charge in [-0.2, -0.15) is 4.31 Å². The lowest BCUT2D eigenvalue weighted by Gasteiger charge is -2.31. The van der Waals surface area contributed by atoms with Gasteiger partial charge in [0.1, 0.15) is 0 Å². The largest absolute Gasteiger partial charge is 0.312 e. The third kappa shape index (κ3) is 3.02. The van der Waals surface area contributed by atoms with Crippen LogP contribution in [0, 0.1) is 0 Å². The summed E-state index contributed by atoms with van der Waals surface area (Å²) in [6.45, 7) is 4.93. The molecular formula is C13H18N2O3S. The highest BCUT2D eigenvalue weighted by molar-refractivity contribution is 7.89. The normalized spacial score (nSPS) is 21.3. The molecular weight excluding hydrogens is 264 g/mol. The van der Waals surface area contributed by atoms with Gasteiger partial charge in [-0.1, -0.05) is 12.1 Å². The van der Waals surface area contributed by atoms with E-state index in [4.69, 9.17) is 0 Å². The monoisotopic (exact) mass is 282 g/mol. The third-order valence-electron chi connectivity index (χ3n) is 3.21. The fraction of sp³-hybridized carbons (Fsp3) is 0.462. The fourth-order valence-corrected chi connectivity index (χ4v) is 3.72. The standard InChI is InChI=1S/C13H18N2O3S/c1-10-9-15(7-6-14-10)19(17,18)13-5-3-4-12(8-13)11(2)16/h3-5,8,10,14H,6-7,9H2,1-2H3. The smallest absolute Gasteiger partial charge is 0.243 e. The minimum absolute atomic E-state index is 0.134. The Bertz CT molecular complexity index is 583. The highest BCUT2D eigenvalue weighted by atomic mass is 32.2. The molecule has 0 bridgehead atoms. The topological polar surface area (TPSA) is 66.5 Å². The summed E-state index contributed by atoms with van der Waals surface area (Å²) >= 11 is 0. The molecule has 1 unspecified atom stereocenters. The second kappa shape index (κ2) is 5.40. The Morgan fingerprint density at radius 2 is 2.16 bits per heavy atom. The average molecular weight is 282 g/mol. The van der Waals surface area contributed by atoms with Crippen LogP contribution in [-0.4, -0.2) is 44.2 Å². The minimum Gasteiger partial charge on any atom is -0.312 e. The van der Waals surface area contributed by atoms with E-state index in [1.807, 2.05) is 6.92 Å². The molecule has 0 amide bonds. The van der Waals surface area contributed by atoms with Gasteiger partial charge in [-0.3, -0.25) is 4.79 Å². The van der Waals surface area contributed by atoms with Gasteiger partial charge in [0.2, 0.25) is 10.0 Å². The summed E-state index contributed by atoms with van der Waals surface area (Å²) in [6, 6.07) is 6.36. The molecule has 104 valence electrons. The molecule has 2 rings (SSSR count). The zero-order valence-corrected chi connectivity index (χ0v) is 11.9. The SMILES string of the molecule is CC(=O)c1cccc(S(=O)(=O)N2CCNC(C)C2)c1. The molecule has 1 fully saturated rings. The van der Waals surface area contributed by atoms with Crippen molar-refractivity contribution in [2.75, 3.05) is 19.6 Å². The van der Waals surface area contributed by atoms with Crippen LogP contribution in [0.25, 0.3) is 0 Å². The number of sulfonamides is 1. The molecule has 0 aromatic heterocycles.